The Morgan fingerprint density at radius 2 is 2.16 bits per heavy atom. The van der Waals surface area contributed by atoms with Gasteiger partial charge in [0.1, 0.15) is 11.6 Å². The van der Waals surface area contributed by atoms with E-state index in [1.807, 2.05) is 0 Å². The van der Waals surface area contributed by atoms with E-state index < -0.39 is 6.10 Å². The van der Waals surface area contributed by atoms with Gasteiger partial charge in [-0.2, -0.15) is 0 Å². The molecule has 0 aromatic heterocycles. The molecule has 0 spiro atoms. The number of hydrogen-bond acceptors (Lipinski definition) is 3. The fraction of sp³-hybridized carbons (Fsp3) is 0.600. The third-order valence-electron chi connectivity index (χ3n) is 2.94. The number of rotatable bonds is 9. The van der Waals surface area contributed by atoms with Crippen molar-refractivity contribution >= 4 is 0 Å². The maximum absolute atomic E-state index is 13.2. The van der Waals surface area contributed by atoms with Gasteiger partial charge in [0.05, 0.1) is 19.8 Å². The molecule has 0 saturated carbocycles. The van der Waals surface area contributed by atoms with Gasteiger partial charge in [-0.3, -0.25) is 0 Å². The summed E-state index contributed by atoms with van der Waals surface area (Å²) in [5.74, 6) is 0.366. The highest BCUT2D eigenvalue weighted by Gasteiger charge is 2.09. The van der Waals surface area contributed by atoms with Crippen LogP contribution in [-0.2, 0) is 11.2 Å². The highest BCUT2D eigenvalue weighted by atomic mass is 19.1. The van der Waals surface area contributed by atoms with Crippen LogP contribution in [0.2, 0.25) is 0 Å². The molecular weight excluding hydrogens is 247 g/mol. The molecule has 0 aliphatic heterocycles. The number of unbranched alkanes of at least 4 members (excludes halogenated alkanes) is 1. The largest absolute Gasteiger partial charge is 0.496 e. The maximum atomic E-state index is 13.2. The zero-order valence-electron chi connectivity index (χ0n) is 11.7. The molecule has 0 saturated heterocycles. The minimum Gasteiger partial charge on any atom is -0.496 e. The lowest BCUT2D eigenvalue weighted by molar-refractivity contribution is 0.0316. The lowest BCUT2D eigenvalue weighted by Gasteiger charge is -2.13. The highest BCUT2D eigenvalue weighted by Crippen LogP contribution is 2.21. The Kier molecular flexibility index (Phi) is 7.45. The number of aryl methyl sites for hydroxylation is 1. The van der Waals surface area contributed by atoms with Crippen LogP contribution in [0.4, 0.5) is 4.39 Å². The minimum atomic E-state index is -0.523. The van der Waals surface area contributed by atoms with E-state index in [-0.39, 0.29) is 5.82 Å². The van der Waals surface area contributed by atoms with Crippen molar-refractivity contribution in [2.75, 3.05) is 20.3 Å². The quantitative estimate of drug-likeness (QED) is 0.701. The molecule has 4 heteroatoms. The molecule has 1 atom stereocenters. The molecule has 0 amide bonds. The van der Waals surface area contributed by atoms with Crippen molar-refractivity contribution in [1.29, 1.82) is 0 Å². The van der Waals surface area contributed by atoms with E-state index in [4.69, 9.17) is 9.47 Å². The van der Waals surface area contributed by atoms with Crippen molar-refractivity contribution in [3.8, 4) is 5.75 Å². The fourth-order valence-corrected chi connectivity index (χ4v) is 1.81. The van der Waals surface area contributed by atoms with Crippen molar-refractivity contribution in [3.05, 3.63) is 29.6 Å². The average Bonchev–Trinajstić information content (AvgIpc) is 2.41. The number of ether oxygens (including phenoxy) is 2. The van der Waals surface area contributed by atoms with Gasteiger partial charge in [-0.25, -0.2) is 4.39 Å². The second kappa shape index (κ2) is 8.88. The Balaban J connectivity index is 2.36. The summed E-state index contributed by atoms with van der Waals surface area (Å²) in [5, 5.41) is 9.78. The van der Waals surface area contributed by atoms with Crippen molar-refractivity contribution in [1.82, 2.24) is 0 Å². The Morgan fingerprint density at radius 1 is 1.37 bits per heavy atom. The molecule has 108 valence electrons. The van der Waals surface area contributed by atoms with Gasteiger partial charge in [0.15, 0.2) is 0 Å². The van der Waals surface area contributed by atoms with E-state index in [2.05, 4.69) is 6.92 Å². The van der Waals surface area contributed by atoms with Crippen molar-refractivity contribution < 1.29 is 19.0 Å². The van der Waals surface area contributed by atoms with Gasteiger partial charge in [0.2, 0.25) is 0 Å². The first-order chi connectivity index (χ1) is 9.17. The molecule has 0 bridgehead atoms. The first-order valence-electron chi connectivity index (χ1n) is 6.75. The molecule has 0 radical (unpaired) electrons. The van der Waals surface area contributed by atoms with Gasteiger partial charge in [0.25, 0.3) is 0 Å². The van der Waals surface area contributed by atoms with E-state index in [1.54, 1.807) is 13.2 Å². The molecule has 0 fully saturated rings. The van der Waals surface area contributed by atoms with E-state index in [0.29, 0.717) is 31.8 Å². The van der Waals surface area contributed by atoms with Crippen LogP contribution < -0.4 is 4.74 Å². The van der Waals surface area contributed by atoms with Gasteiger partial charge in [-0.1, -0.05) is 13.3 Å². The zero-order chi connectivity index (χ0) is 14.1. The van der Waals surface area contributed by atoms with Crippen molar-refractivity contribution in [3.63, 3.8) is 0 Å². The van der Waals surface area contributed by atoms with Crippen LogP contribution in [0.15, 0.2) is 18.2 Å². The predicted octanol–water partition coefficient (Wildman–Crippen LogP) is 2.94. The van der Waals surface area contributed by atoms with Crippen molar-refractivity contribution in [2.45, 2.75) is 38.7 Å². The first kappa shape index (κ1) is 15.9. The summed E-state index contributed by atoms with van der Waals surface area (Å²) in [4.78, 5) is 0. The summed E-state index contributed by atoms with van der Waals surface area (Å²) in [5.41, 5.74) is 0.773. The molecule has 1 N–H and O–H groups in total. The summed E-state index contributed by atoms with van der Waals surface area (Å²) in [6.07, 6.45) is 2.66. The average molecular weight is 270 g/mol. The van der Waals surface area contributed by atoms with Gasteiger partial charge in [-0.05, 0) is 43.0 Å². The lowest BCUT2D eigenvalue weighted by Crippen LogP contribution is -2.16. The summed E-state index contributed by atoms with van der Waals surface area (Å²) in [6, 6.07) is 4.42. The normalized spacial score (nSPS) is 12.4. The Hall–Kier alpha value is -1.13. The number of aliphatic hydroxyl groups is 1. The number of benzene rings is 1. The first-order valence-corrected chi connectivity index (χ1v) is 6.75. The van der Waals surface area contributed by atoms with Crippen LogP contribution in [0.3, 0.4) is 0 Å². The standard InChI is InChI=1S/C15H23FO3/c1-3-4-9-19-11-14(17)7-5-12-10-13(16)6-8-15(12)18-2/h6,8,10,14,17H,3-5,7,9,11H2,1-2H3. The number of halogens is 1. The Bertz CT molecular complexity index is 368. The third-order valence-corrected chi connectivity index (χ3v) is 2.94. The molecule has 0 aliphatic carbocycles. The van der Waals surface area contributed by atoms with Crippen LogP contribution in [0, 0.1) is 5.82 Å². The van der Waals surface area contributed by atoms with Crippen LogP contribution in [-0.4, -0.2) is 31.5 Å². The SMILES string of the molecule is CCCCOCC(O)CCc1cc(F)ccc1OC. The Morgan fingerprint density at radius 3 is 2.84 bits per heavy atom. The van der Waals surface area contributed by atoms with Gasteiger partial charge >= 0.3 is 0 Å². The number of aliphatic hydroxyl groups excluding tert-OH is 1. The van der Waals surface area contributed by atoms with E-state index in [9.17, 15) is 9.50 Å². The maximum Gasteiger partial charge on any atom is 0.123 e. The van der Waals surface area contributed by atoms with Gasteiger partial charge < -0.3 is 14.6 Å². The third kappa shape index (κ3) is 6.03. The molecule has 1 unspecified atom stereocenters. The summed E-state index contributed by atoms with van der Waals surface area (Å²) < 4.78 is 23.7. The van der Waals surface area contributed by atoms with Crippen LogP contribution in [0.25, 0.3) is 0 Å². The van der Waals surface area contributed by atoms with Crippen LogP contribution in [0.1, 0.15) is 31.7 Å². The van der Waals surface area contributed by atoms with Crippen molar-refractivity contribution in [2.24, 2.45) is 0 Å². The fourth-order valence-electron chi connectivity index (χ4n) is 1.81. The molecule has 1 rings (SSSR count). The topological polar surface area (TPSA) is 38.7 Å². The van der Waals surface area contributed by atoms with E-state index in [0.717, 1.165) is 18.4 Å². The molecule has 1 aromatic rings. The Labute approximate surface area is 114 Å². The van der Waals surface area contributed by atoms with E-state index in [1.165, 1.54) is 12.1 Å². The van der Waals surface area contributed by atoms with Crippen LogP contribution in [0.5, 0.6) is 5.75 Å². The molecule has 0 heterocycles. The predicted molar refractivity (Wildman–Crippen MR) is 73.0 cm³/mol. The summed E-state index contributed by atoms with van der Waals surface area (Å²) in [7, 11) is 1.56. The number of hydrogen-bond donors (Lipinski definition) is 1. The minimum absolute atomic E-state index is 0.288. The second-order valence-corrected chi connectivity index (χ2v) is 4.58. The van der Waals surface area contributed by atoms with Gasteiger partial charge in [-0.15, -0.1) is 0 Å². The smallest absolute Gasteiger partial charge is 0.123 e. The molecule has 3 nitrogen and oxygen atoms in total. The van der Waals surface area contributed by atoms with E-state index >= 15 is 0 Å². The highest BCUT2D eigenvalue weighted by molar-refractivity contribution is 5.34. The number of methoxy groups -OCH3 is 1. The molecular formula is C15H23FO3. The molecule has 1 aromatic carbocycles. The van der Waals surface area contributed by atoms with Gasteiger partial charge in [0, 0.05) is 6.61 Å². The zero-order valence-corrected chi connectivity index (χ0v) is 11.7. The molecule has 19 heavy (non-hydrogen) atoms. The summed E-state index contributed by atoms with van der Waals surface area (Å²) >= 11 is 0. The monoisotopic (exact) mass is 270 g/mol. The lowest BCUT2D eigenvalue weighted by atomic mass is 10.1. The molecule has 0 aliphatic rings. The summed E-state index contributed by atoms with van der Waals surface area (Å²) in [6.45, 7) is 3.10. The van der Waals surface area contributed by atoms with Crippen LogP contribution >= 0.6 is 0 Å². The second-order valence-electron chi connectivity index (χ2n) is 4.58.